The first kappa shape index (κ1) is 32.6. The van der Waals surface area contributed by atoms with Crippen LogP contribution in [-0.4, -0.2) is 19.5 Å². The molecule has 8 rings (SSSR count). The van der Waals surface area contributed by atoms with Crippen molar-refractivity contribution in [1.82, 2.24) is 19.5 Å². The first-order valence-corrected chi connectivity index (χ1v) is 16.0. The summed E-state index contributed by atoms with van der Waals surface area (Å²) in [4.78, 5) is 13.9. The summed E-state index contributed by atoms with van der Waals surface area (Å²) in [5, 5.41) is 2.08. The molecule has 3 aromatic carbocycles. The standard InChI is InChI=1S/C22H21N2O.C19H17N2.Ir/c1-14-8-9-17-16-6-5-7-18(20(16)25-21(17)24-14)19-12-15(10-11-23-19)13-22(2,3)4;1-13(2)16-11-15-9-6-10-17-18(15)21(12-16)19(20-17)14-7-4-3-5-8-14;/h5-6,8-12H,13H2,1-4H3;3-7,9-11,13H,12H2,1-2H3;/q2*-1;. The zero-order valence-corrected chi connectivity index (χ0v) is 30.1. The minimum atomic E-state index is 0. The molecule has 0 spiro atoms. The van der Waals surface area contributed by atoms with Crippen LogP contribution in [0.1, 0.15) is 51.4 Å². The number of aryl methyl sites for hydroxylation is 1. The van der Waals surface area contributed by atoms with Crippen LogP contribution in [0.2, 0.25) is 0 Å². The number of hydrogen-bond donors (Lipinski definition) is 0. The van der Waals surface area contributed by atoms with Crippen molar-refractivity contribution in [2.45, 2.75) is 54.5 Å². The monoisotopic (exact) mass is 795 g/mol. The molecule has 5 nitrogen and oxygen atoms in total. The largest absolute Gasteiger partial charge is 0.486 e. The number of para-hydroxylation sites is 1. The van der Waals surface area contributed by atoms with E-state index in [0.717, 1.165) is 63.2 Å². The van der Waals surface area contributed by atoms with E-state index < -0.39 is 0 Å². The van der Waals surface area contributed by atoms with E-state index in [1.54, 1.807) is 0 Å². The Bertz CT molecular complexity index is 2240. The number of hydrogen-bond acceptors (Lipinski definition) is 4. The normalized spacial score (nSPS) is 12.6. The van der Waals surface area contributed by atoms with Gasteiger partial charge < -0.3 is 14.0 Å². The average Bonchev–Trinajstić information content (AvgIpc) is 3.60. The smallest absolute Gasteiger partial charge is 0.216 e. The SMILES string of the molecule is CC(C)C1=Cc2cccc3nc(-c4[c-]cccc4)n(c23)C1.Cc1ccc2c(n1)oc1c(-c3cc(CC(C)(C)C)ccn3)[c-]ccc12.[Ir]. The summed E-state index contributed by atoms with van der Waals surface area (Å²) in [6.07, 6.45) is 5.20. The molecule has 0 N–H and O–H groups in total. The summed E-state index contributed by atoms with van der Waals surface area (Å²) in [7, 11) is 0. The Morgan fingerprint density at radius 2 is 1.77 bits per heavy atom. The quantitative estimate of drug-likeness (QED) is 0.167. The number of allylic oxidation sites excluding steroid dienone is 1. The molecule has 0 saturated carbocycles. The van der Waals surface area contributed by atoms with Crippen LogP contribution in [0.3, 0.4) is 0 Å². The average molecular weight is 795 g/mol. The maximum Gasteiger partial charge on any atom is 0.216 e. The van der Waals surface area contributed by atoms with E-state index >= 15 is 0 Å². The molecule has 6 heteroatoms. The van der Waals surface area contributed by atoms with Crippen LogP contribution >= 0.6 is 0 Å². The van der Waals surface area contributed by atoms with Crippen molar-refractivity contribution in [1.29, 1.82) is 0 Å². The fraction of sp³-hybridized carbons (Fsp3) is 0.244. The number of furan rings is 1. The van der Waals surface area contributed by atoms with Crippen LogP contribution in [-0.2, 0) is 33.1 Å². The van der Waals surface area contributed by atoms with Gasteiger partial charge in [0.25, 0.3) is 0 Å². The summed E-state index contributed by atoms with van der Waals surface area (Å²) >= 11 is 0. The minimum Gasteiger partial charge on any atom is -0.486 e. The molecule has 0 aliphatic carbocycles. The summed E-state index contributed by atoms with van der Waals surface area (Å²) in [6.45, 7) is 14.1. The van der Waals surface area contributed by atoms with Gasteiger partial charge in [-0.2, -0.15) is 0 Å². The van der Waals surface area contributed by atoms with Crippen molar-refractivity contribution in [3.8, 4) is 22.6 Å². The zero-order chi connectivity index (χ0) is 32.0. The van der Waals surface area contributed by atoms with Gasteiger partial charge >= 0.3 is 0 Å². The molecule has 4 aromatic heterocycles. The van der Waals surface area contributed by atoms with Crippen LogP contribution < -0.4 is 0 Å². The Kier molecular flexibility index (Phi) is 9.02. The fourth-order valence-corrected chi connectivity index (χ4v) is 6.24. The number of aromatic nitrogens is 4. The van der Waals surface area contributed by atoms with E-state index in [4.69, 9.17) is 9.40 Å². The third kappa shape index (κ3) is 6.58. The maximum atomic E-state index is 6.08. The molecule has 0 saturated heterocycles. The molecule has 1 radical (unpaired) electrons. The van der Waals surface area contributed by atoms with E-state index in [-0.39, 0.29) is 25.5 Å². The molecule has 239 valence electrons. The van der Waals surface area contributed by atoms with Crippen LogP contribution in [0.15, 0.2) is 95.0 Å². The molecular weight excluding hydrogens is 757 g/mol. The zero-order valence-electron chi connectivity index (χ0n) is 27.7. The van der Waals surface area contributed by atoms with E-state index in [1.165, 1.54) is 22.2 Å². The van der Waals surface area contributed by atoms with E-state index in [2.05, 4.69) is 110 Å². The van der Waals surface area contributed by atoms with Gasteiger partial charge in [-0.15, -0.1) is 54.1 Å². The molecule has 0 atom stereocenters. The van der Waals surface area contributed by atoms with Gasteiger partial charge in [0, 0.05) is 43.9 Å². The third-order valence-electron chi connectivity index (χ3n) is 8.42. The van der Waals surface area contributed by atoms with Crippen LogP contribution in [0.4, 0.5) is 0 Å². The molecule has 0 fully saturated rings. The molecule has 47 heavy (non-hydrogen) atoms. The second kappa shape index (κ2) is 13.0. The van der Waals surface area contributed by atoms with Crippen LogP contribution in [0.25, 0.3) is 61.8 Å². The summed E-state index contributed by atoms with van der Waals surface area (Å²) < 4.78 is 8.42. The molecule has 1 aliphatic heterocycles. The van der Waals surface area contributed by atoms with E-state index in [1.807, 2.05) is 49.5 Å². The number of pyridine rings is 2. The molecule has 7 aromatic rings. The van der Waals surface area contributed by atoms with Crippen molar-refractivity contribution in [3.63, 3.8) is 0 Å². The number of rotatable bonds is 4. The Morgan fingerprint density at radius 3 is 2.53 bits per heavy atom. The van der Waals surface area contributed by atoms with E-state index in [9.17, 15) is 0 Å². The van der Waals surface area contributed by atoms with Gasteiger partial charge in [0.2, 0.25) is 5.71 Å². The van der Waals surface area contributed by atoms with Crippen LogP contribution in [0, 0.1) is 30.4 Å². The maximum absolute atomic E-state index is 6.08. The van der Waals surface area contributed by atoms with Gasteiger partial charge in [-0.3, -0.25) is 4.98 Å². The first-order valence-electron chi connectivity index (χ1n) is 16.0. The van der Waals surface area contributed by atoms with Gasteiger partial charge in [0.05, 0.1) is 22.4 Å². The molecule has 5 heterocycles. The van der Waals surface area contributed by atoms with Gasteiger partial charge in [0.1, 0.15) is 0 Å². The van der Waals surface area contributed by atoms with Crippen molar-refractivity contribution < 1.29 is 24.5 Å². The predicted octanol–water partition coefficient (Wildman–Crippen LogP) is 10.3. The van der Waals surface area contributed by atoms with Crippen molar-refractivity contribution in [2.75, 3.05) is 0 Å². The van der Waals surface area contributed by atoms with Gasteiger partial charge in [-0.1, -0.05) is 75.4 Å². The number of nitrogens with zero attached hydrogens (tertiary/aromatic N) is 4. The number of imidazole rings is 1. The summed E-state index contributed by atoms with van der Waals surface area (Å²) in [6, 6.07) is 33.3. The topological polar surface area (TPSA) is 56.7 Å². The molecule has 1 aliphatic rings. The third-order valence-corrected chi connectivity index (χ3v) is 8.42. The van der Waals surface area contributed by atoms with Crippen LogP contribution in [0.5, 0.6) is 0 Å². The fourth-order valence-electron chi connectivity index (χ4n) is 6.24. The predicted molar refractivity (Wildman–Crippen MR) is 188 cm³/mol. The summed E-state index contributed by atoms with van der Waals surface area (Å²) in [5.74, 6) is 1.56. The molecule has 0 amide bonds. The minimum absolute atomic E-state index is 0. The van der Waals surface area contributed by atoms with Gasteiger partial charge in [0.15, 0.2) is 0 Å². The van der Waals surface area contributed by atoms with Crippen molar-refractivity contribution in [3.05, 3.63) is 120 Å². The first-order chi connectivity index (χ1) is 22.1. The van der Waals surface area contributed by atoms with Crippen molar-refractivity contribution >= 4 is 39.2 Å². The van der Waals surface area contributed by atoms with Gasteiger partial charge in [-0.05, 0) is 65.8 Å². The Labute approximate surface area is 290 Å². The Hall–Kier alpha value is -4.38. The number of fused-ring (bicyclic) bond motifs is 3. The summed E-state index contributed by atoms with van der Waals surface area (Å²) in [5.41, 5.74) is 11.8. The Morgan fingerprint density at radius 1 is 0.915 bits per heavy atom. The Balaban J connectivity index is 0.000000163. The van der Waals surface area contributed by atoms with Gasteiger partial charge in [-0.25, -0.2) is 4.98 Å². The number of benzene rings is 3. The van der Waals surface area contributed by atoms with E-state index in [0.29, 0.717) is 11.6 Å². The molecular formula is C41H38IrN4O-2. The second-order valence-corrected chi connectivity index (χ2v) is 13.7. The molecule has 0 bridgehead atoms. The molecule has 0 unspecified atom stereocenters. The van der Waals surface area contributed by atoms with Crippen molar-refractivity contribution in [2.24, 2.45) is 11.3 Å². The second-order valence-electron chi connectivity index (χ2n) is 13.7.